The molecular weight excluding hydrogens is 340 g/mol. The molecule has 1 aromatic carbocycles. The van der Waals surface area contributed by atoms with Crippen LogP contribution in [-0.4, -0.2) is 59.2 Å². The van der Waals surface area contributed by atoms with Crippen molar-refractivity contribution in [3.05, 3.63) is 42.1 Å². The van der Waals surface area contributed by atoms with Crippen molar-refractivity contribution in [2.24, 2.45) is 5.41 Å². The van der Waals surface area contributed by atoms with Crippen LogP contribution in [0, 0.1) is 5.41 Å². The van der Waals surface area contributed by atoms with Gasteiger partial charge in [0.15, 0.2) is 0 Å². The van der Waals surface area contributed by atoms with E-state index < -0.39 is 30.2 Å². The molecule has 2 aliphatic rings. The molecule has 0 N–H and O–H groups in total. The number of carbonyl (C=O) groups excluding carboxylic acids is 2. The topological polar surface area (TPSA) is 53.5 Å². The van der Waals surface area contributed by atoms with Gasteiger partial charge in [-0.1, -0.05) is 6.07 Å². The first-order valence-electron chi connectivity index (χ1n) is 8.57. The van der Waals surface area contributed by atoms with Crippen LogP contribution in [0.2, 0.25) is 0 Å². The number of benzene rings is 1. The number of pyridine rings is 1. The van der Waals surface area contributed by atoms with Crippen LogP contribution >= 0.6 is 0 Å². The van der Waals surface area contributed by atoms with Gasteiger partial charge in [0.2, 0.25) is 5.91 Å². The van der Waals surface area contributed by atoms with Crippen molar-refractivity contribution in [1.29, 1.82) is 0 Å². The van der Waals surface area contributed by atoms with Crippen LogP contribution in [0.1, 0.15) is 23.2 Å². The number of fused-ring (bicyclic) bond motifs is 1. The zero-order valence-electron chi connectivity index (χ0n) is 14.4. The van der Waals surface area contributed by atoms with Gasteiger partial charge in [0, 0.05) is 43.7 Å². The average molecular weight is 359 g/mol. The van der Waals surface area contributed by atoms with E-state index in [0.717, 1.165) is 15.8 Å². The van der Waals surface area contributed by atoms with E-state index in [4.69, 9.17) is 0 Å². The van der Waals surface area contributed by atoms with Crippen LogP contribution in [0.4, 0.5) is 8.78 Å². The predicted octanol–water partition coefficient (Wildman–Crippen LogP) is 2.56. The van der Waals surface area contributed by atoms with Crippen molar-refractivity contribution in [2.75, 3.05) is 26.7 Å². The van der Waals surface area contributed by atoms with E-state index in [-0.39, 0.29) is 12.5 Å². The quantitative estimate of drug-likeness (QED) is 0.786. The Balaban J connectivity index is 1.67. The highest BCUT2D eigenvalue weighted by atomic mass is 19.3. The lowest BCUT2D eigenvalue weighted by Gasteiger charge is -2.42. The normalized spacial score (nSPS) is 25.3. The van der Waals surface area contributed by atoms with Crippen molar-refractivity contribution in [3.63, 3.8) is 0 Å². The Morgan fingerprint density at radius 3 is 2.77 bits per heavy atom. The largest absolute Gasteiger partial charge is 0.345 e. The molecule has 0 bridgehead atoms. The second-order valence-electron chi connectivity index (χ2n) is 7.36. The summed E-state index contributed by atoms with van der Waals surface area (Å²) in [5, 5.41) is 0.772. The van der Waals surface area contributed by atoms with E-state index in [1.807, 2.05) is 6.07 Å². The number of aromatic nitrogens is 1. The Hall–Kier alpha value is -2.57. The van der Waals surface area contributed by atoms with Crippen LogP contribution < -0.4 is 0 Å². The van der Waals surface area contributed by atoms with E-state index >= 15 is 0 Å². The van der Waals surface area contributed by atoms with E-state index in [2.05, 4.69) is 4.98 Å². The lowest BCUT2D eigenvalue weighted by molar-refractivity contribution is -0.150. The molecule has 2 amide bonds. The number of piperidine rings is 1. The van der Waals surface area contributed by atoms with E-state index in [0.29, 0.717) is 18.5 Å². The molecule has 1 spiro atoms. The Bertz CT molecular complexity index is 901. The Morgan fingerprint density at radius 2 is 2.04 bits per heavy atom. The molecule has 4 rings (SSSR count). The number of hydrogen-bond acceptors (Lipinski definition) is 3. The summed E-state index contributed by atoms with van der Waals surface area (Å²) in [7, 11) is 1.62. The lowest BCUT2D eigenvalue weighted by Crippen LogP contribution is -2.56. The highest BCUT2D eigenvalue weighted by molar-refractivity contribution is 5.98. The van der Waals surface area contributed by atoms with Crippen LogP contribution in [0.25, 0.3) is 10.9 Å². The molecule has 2 aromatic rings. The molecule has 7 heteroatoms. The van der Waals surface area contributed by atoms with Crippen LogP contribution in [-0.2, 0) is 4.79 Å². The number of nitrogens with zero attached hydrogens (tertiary/aromatic N) is 3. The fraction of sp³-hybridized carbons (Fsp3) is 0.421. The number of halogens is 2. The fourth-order valence-corrected chi connectivity index (χ4v) is 4.15. The molecule has 0 saturated carbocycles. The zero-order valence-corrected chi connectivity index (χ0v) is 14.4. The number of carbonyl (C=O) groups is 2. The van der Waals surface area contributed by atoms with Gasteiger partial charge >= 0.3 is 0 Å². The Kier molecular flexibility index (Phi) is 3.71. The summed E-state index contributed by atoms with van der Waals surface area (Å²) in [4.78, 5) is 32.2. The van der Waals surface area contributed by atoms with E-state index in [1.54, 1.807) is 37.5 Å². The van der Waals surface area contributed by atoms with Crippen molar-refractivity contribution < 1.29 is 18.4 Å². The van der Waals surface area contributed by atoms with Gasteiger partial charge < -0.3 is 9.80 Å². The summed E-state index contributed by atoms with van der Waals surface area (Å²) in [6.07, 6.45) is 1.51. The molecule has 0 radical (unpaired) electrons. The minimum Gasteiger partial charge on any atom is -0.345 e. The Morgan fingerprint density at radius 1 is 1.23 bits per heavy atom. The number of likely N-dealkylation sites (tertiary alicyclic amines) is 2. The zero-order chi connectivity index (χ0) is 18.5. The first-order valence-corrected chi connectivity index (χ1v) is 8.57. The molecule has 5 nitrogen and oxygen atoms in total. The number of rotatable bonds is 1. The fourth-order valence-electron chi connectivity index (χ4n) is 4.15. The highest BCUT2D eigenvalue weighted by Gasteiger charge is 2.57. The third-order valence-electron chi connectivity index (χ3n) is 5.38. The smallest absolute Gasteiger partial charge is 0.266 e. The third kappa shape index (κ3) is 2.71. The van der Waals surface area contributed by atoms with Gasteiger partial charge in [-0.05, 0) is 30.7 Å². The molecular formula is C19H19F2N3O2. The molecule has 2 saturated heterocycles. The molecule has 3 heterocycles. The highest BCUT2D eigenvalue weighted by Crippen LogP contribution is 2.45. The molecule has 2 aliphatic heterocycles. The van der Waals surface area contributed by atoms with Gasteiger partial charge in [-0.25, -0.2) is 8.78 Å². The van der Waals surface area contributed by atoms with E-state index in [1.165, 1.54) is 4.90 Å². The van der Waals surface area contributed by atoms with Crippen LogP contribution in [0.15, 0.2) is 36.5 Å². The summed E-state index contributed by atoms with van der Waals surface area (Å²) in [5.41, 5.74) is -0.112. The summed E-state index contributed by atoms with van der Waals surface area (Å²) >= 11 is 0. The maximum atomic E-state index is 14.4. The molecule has 1 aromatic heterocycles. The maximum absolute atomic E-state index is 14.4. The first-order chi connectivity index (χ1) is 12.3. The van der Waals surface area contributed by atoms with Gasteiger partial charge in [-0.2, -0.15) is 0 Å². The summed E-state index contributed by atoms with van der Waals surface area (Å²) < 4.78 is 28.8. The van der Waals surface area contributed by atoms with E-state index in [9.17, 15) is 18.4 Å². The number of amides is 2. The van der Waals surface area contributed by atoms with Crippen molar-refractivity contribution in [3.8, 4) is 0 Å². The molecule has 136 valence electrons. The second kappa shape index (κ2) is 5.72. The van der Waals surface area contributed by atoms with Crippen molar-refractivity contribution in [1.82, 2.24) is 14.8 Å². The molecule has 0 unspecified atom stereocenters. The summed E-state index contributed by atoms with van der Waals surface area (Å²) in [5.74, 6) is -3.85. The molecule has 0 aliphatic carbocycles. The third-order valence-corrected chi connectivity index (χ3v) is 5.38. The van der Waals surface area contributed by atoms with Gasteiger partial charge in [-0.15, -0.1) is 0 Å². The van der Waals surface area contributed by atoms with Gasteiger partial charge in [-0.3, -0.25) is 14.6 Å². The standard InChI is InChI=1S/C19H19F2N3O2/c1-23-8-6-18(17(23)26)10-19(20,21)12-24(11-18)16(25)14-4-5-15-13(9-14)3-2-7-22-15/h2-5,7,9H,6,8,10-12H2,1H3/t18-/m0/s1. The van der Waals surface area contributed by atoms with Crippen molar-refractivity contribution in [2.45, 2.75) is 18.8 Å². The molecule has 2 fully saturated rings. The number of hydrogen-bond donors (Lipinski definition) is 0. The van der Waals surface area contributed by atoms with Crippen LogP contribution in [0.5, 0.6) is 0 Å². The minimum atomic E-state index is -3.08. The predicted molar refractivity (Wildman–Crippen MR) is 91.9 cm³/mol. The van der Waals surface area contributed by atoms with Gasteiger partial charge in [0.25, 0.3) is 11.8 Å². The average Bonchev–Trinajstić information content (AvgIpc) is 2.87. The molecule has 1 atom stereocenters. The first kappa shape index (κ1) is 16.9. The van der Waals surface area contributed by atoms with Crippen LogP contribution in [0.3, 0.4) is 0 Å². The monoisotopic (exact) mass is 359 g/mol. The summed E-state index contributed by atoms with van der Waals surface area (Å²) in [6, 6.07) is 8.54. The molecule has 26 heavy (non-hydrogen) atoms. The SMILES string of the molecule is CN1CC[C@]2(CN(C(=O)c3ccc4ncccc4c3)CC(F)(F)C2)C1=O. The maximum Gasteiger partial charge on any atom is 0.266 e. The Labute approximate surface area is 149 Å². The number of alkyl halides is 2. The lowest BCUT2D eigenvalue weighted by atomic mass is 9.76. The van der Waals surface area contributed by atoms with Gasteiger partial charge in [0.05, 0.1) is 17.5 Å². The minimum absolute atomic E-state index is 0.0374. The van der Waals surface area contributed by atoms with Gasteiger partial charge in [0.1, 0.15) is 0 Å². The second-order valence-corrected chi connectivity index (χ2v) is 7.36. The van der Waals surface area contributed by atoms with Crippen molar-refractivity contribution >= 4 is 22.7 Å². The summed E-state index contributed by atoms with van der Waals surface area (Å²) in [6.45, 7) is -0.177.